The molecule has 0 saturated heterocycles. The molecule has 0 fully saturated rings. The predicted octanol–water partition coefficient (Wildman–Crippen LogP) is 2.47. The van der Waals surface area contributed by atoms with Crippen molar-refractivity contribution in [3.05, 3.63) is 17.0 Å². The number of halogens is 1. The number of nitrogens with zero attached hydrogens (tertiary/aromatic N) is 2. The van der Waals surface area contributed by atoms with Crippen LogP contribution in [0.3, 0.4) is 0 Å². The van der Waals surface area contributed by atoms with Crippen LogP contribution < -0.4 is 5.32 Å². The Morgan fingerprint density at radius 1 is 1.40 bits per heavy atom. The summed E-state index contributed by atoms with van der Waals surface area (Å²) < 4.78 is 6.19. The van der Waals surface area contributed by atoms with Crippen LogP contribution in [-0.4, -0.2) is 29.7 Å². The van der Waals surface area contributed by atoms with Crippen molar-refractivity contribution in [3.63, 3.8) is 0 Å². The van der Waals surface area contributed by atoms with Gasteiger partial charge in [-0.3, -0.25) is 0 Å². The number of anilines is 1. The molecule has 84 valence electrons. The van der Waals surface area contributed by atoms with Gasteiger partial charge in [-0.2, -0.15) is 0 Å². The van der Waals surface area contributed by atoms with E-state index in [0.29, 0.717) is 6.61 Å². The van der Waals surface area contributed by atoms with Crippen molar-refractivity contribution in [1.29, 1.82) is 0 Å². The van der Waals surface area contributed by atoms with E-state index in [2.05, 4.69) is 38.1 Å². The molecule has 0 amide bonds. The van der Waals surface area contributed by atoms with Gasteiger partial charge in [0.2, 0.25) is 0 Å². The molecule has 0 aliphatic rings. The van der Waals surface area contributed by atoms with Crippen LogP contribution in [0.2, 0.25) is 0 Å². The number of rotatable bonds is 7. The average Bonchev–Trinajstić information content (AvgIpc) is 2.23. The second kappa shape index (κ2) is 7.59. The van der Waals surface area contributed by atoms with Gasteiger partial charge >= 0.3 is 0 Å². The second-order valence-corrected chi connectivity index (χ2v) is 3.93. The Bertz CT molecular complexity index is 283. The first kappa shape index (κ1) is 12.4. The highest BCUT2D eigenvalue weighted by atomic mass is 79.9. The van der Waals surface area contributed by atoms with E-state index in [1.807, 2.05) is 6.07 Å². The average molecular weight is 274 g/mol. The van der Waals surface area contributed by atoms with Crippen molar-refractivity contribution >= 4 is 21.7 Å². The number of unbranched alkanes of at least 4 members (excludes halogenated alkanes) is 1. The van der Waals surface area contributed by atoms with E-state index in [-0.39, 0.29) is 0 Å². The van der Waals surface area contributed by atoms with Crippen LogP contribution >= 0.6 is 15.9 Å². The fraction of sp³-hybridized carbons (Fsp3) is 0.600. The molecule has 0 atom stereocenters. The van der Waals surface area contributed by atoms with E-state index >= 15 is 0 Å². The fourth-order valence-corrected chi connectivity index (χ4v) is 1.34. The Hall–Kier alpha value is -0.680. The standard InChI is InChI=1S/C10H16BrN3O/c1-2-3-5-15-6-4-12-10-7-9(11)13-8-14-10/h7-8H,2-6H2,1H3,(H,12,13,14). The van der Waals surface area contributed by atoms with E-state index in [1.165, 1.54) is 12.7 Å². The summed E-state index contributed by atoms with van der Waals surface area (Å²) in [6.07, 6.45) is 3.82. The van der Waals surface area contributed by atoms with Gasteiger partial charge in [0, 0.05) is 19.2 Å². The molecule has 0 aliphatic heterocycles. The first-order chi connectivity index (χ1) is 7.33. The molecule has 15 heavy (non-hydrogen) atoms. The molecule has 0 unspecified atom stereocenters. The zero-order valence-electron chi connectivity index (χ0n) is 8.87. The van der Waals surface area contributed by atoms with Crippen LogP contribution in [-0.2, 0) is 4.74 Å². The van der Waals surface area contributed by atoms with E-state index in [9.17, 15) is 0 Å². The lowest BCUT2D eigenvalue weighted by molar-refractivity contribution is 0.141. The molecule has 5 heteroatoms. The summed E-state index contributed by atoms with van der Waals surface area (Å²) in [6, 6.07) is 1.84. The number of hydrogen-bond donors (Lipinski definition) is 1. The predicted molar refractivity (Wildman–Crippen MR) is 63.9 cm³/mol. The summed E-state index contributed by atoms with van der Waals surface area (Å²) in [4.78, 5) is 8.01. The zero-order valence-corrected chi connectivity index (χ0v) is 10.5. The molecule has 0 aromatic carbocycles. The smallest absolute Gasteiger partial charge is 0.130 e. The summed E-state index contributed by atoms with van der Waals surface area (Å²) >= 11 is 3.28. The molecule has 1 aromatic rings. The molecule has 1 rings (SSSR count). The summed E-state index contributed by atoms with van der Waals surface area (Å²) in [7, 11) is 0. The minimum absolute atomic E-state index is 0.710. The molecule has 0 bridgehead atoms. The van der Waals surface area contributed by atoms with Crippen LogP contribution in [0.5, 0.6) is 0 Å². The Balaban J connectivity index is 2.10. The summed E-state index contributed by atoms with van der Waals surface area (Å²) in [5, 5.41) is 3.16. The third-order valence-electron chi connectivity index (χ3n) is 1.83. The van der Waals surface area contributed by atoms with Gasteiger partial charge in [0.1, 0.15) is 16.7 Å². The fourth-order valence-electron chi connectivity index (χ4n) is 1.03. The van der Waals surface area contributed by atoms with E-state index in [1.54, 1.807) is 0 Å². The van der Waals surface area contributed by atoms with Crippen LogP contribution in [0.4, 0.5) is 5.82 Å². The van der Waals surface area contributed by atoms with Gasteiger partial charge in [-0.25, -0.2) is 9.97 Å². The molecule has 4 nitrogen and oxygen atoms in total. The molecule has 1 aromatic heterocycles. The van der Waals surface area contributed by atoms with Gasteiger partial charge in [0.15, 0.2) is 0 Å². The molecule has 1 N–H and O–H groups in total. The third-order valence-corrected chi connectivity index (χ3v) is 2.26. The molecular formula is C10H16BrN3O. The van der Waals surface area contributed by atoms with Gasteiger partial charge in [0.25, 0.3) is 0 Å². The maximum absolute atomic E-state index is 5.41. The van der Waals surface area contributed by atoms with Crippen molar-refractivity contribution in [2.75, 3.05) is 25.1 Å². The second-order valence-electron chi connectivity index (χ2n) is 3.12. The van der Waals surface area contributed by atoms with E-state index in [0.717, 1.165) is 30.0 Å². The Kier molecular flexibility index (Phi) is 6.27. The highest BCUT2D eigenvalue weighted by Gasteiger charge is 1.94. The SMILES string of the molecule is CCCCOCCNc1cc(Br)ncn1. The molecule has 0 aliphatic carbocycles. The molecule has 0 spiro atoms. The lowest BCUT2D eigenvalue weighted by Gasteiger charge is -2.05. The number of nitrogens with one attached hydrogen (secondary N) is 1. The summed E-state index contributed by atoms with van der Waals surface area (Å²) in [5.74, 6) is 0.816. The van der Waals surface area contributed by atoms with Crippen LogP contribution in [0.25, 0.3) is 0 Å². The maximum atomic E-state index is 5.41. The number of ether oxygens (including phenoxy) is 1. The van der Waals surface area contributed by atoms with Gasteiger partial charge in [0.05, 0.1) is 6.61 Å². The van der Waals surface area contributed by atoms with E-state index in [4.69, 9.17) is 4.74 Å². The van der Waals surface area contributed by atoms with Crippen molar-refractivity contribution < 1.29 is 4.74 Å². The zero-order chi connectivity index (χ0) is 10.9. The lowest BCUT2D eigenvalue weighted by Crippen LogP contribution is -2.10. The Labute approximate surface area is 98.6 Å². The Morgan fingerprint density at radius 3 is 3.00 bits per heavy atom. The highest BCUT2D eigenvalue weighted by molar-refractivity contribution is 9.10. The lowest BCUT2D eigenvalue weighted by atomic mass is 10.4. The van der Waals surface area contributed by atoms with Gasteiger partial charge in [-0.05, 0) is 22.4 Å². The molecule has 0 saturated carbocycles. The van der Waals surface area contributed by atoms with Crippen LogP contribution in [0, 0.1) is 0 Å². The quantitative estimate of drug-likeness (QED) is 0.613. The van der Waals surface area contributed by atoms with Crippen molar-refractivity contribution in [1.82, 2.24) is 9.97 Å². The van der Waals surface area contributed by atoms with Gasteiger partial charge in [-0.1, -0.05) is 13.3 Å². The van der Waals surface area contributed by atoms with Gasteiger partial charge in [-0.15, -0.1) is 0 Å². The maximum Gasteiger partial charge on any atom is 0.130 e. The molecule has 1 heterocycles. The largest absolute Gasteiger partial charge is 0.380 e. The number of aromatic nitrogens is 2. The molecular weight excluding hydrogens is 258 g/mol. The van der Waals surface area contributed by atoms with Crippen molar-refractivity contribution in [3.8, 4) is 0 Å². The Morgan fingerprint density at radius 2 is 2.27 bits per heavy atom. The normalized spacial score (nSPS) is 10.3. The molecule has 0 radical (unpaired) electrons. The summed E-state index contributed by atoms with van der Waals surface area (Å²) in [6.45, 7) is 4.47. The minimum atomic E-state index is 0.710. The number of hydrogen-bond acceptors (Lipinski definition) is 4. The third kappa shape index (κ3) is 5.69. The van der Waals surface area contributed by atoms with Crippen molar-refractivity contribution in [2.45, 2.75) is 19.8 Å². The van der Waals surface area contributed by atoms with Gasteiger partial charge < -0.3 is 10.1 Å². The van der Waals surface area contributed by atoms with Crippen molar-refractivity contribution in [2.24, 2.45) is 0 Å². The van der Waals surface area contributed by atoms with Crippen LogP contribution in [0.1, 0.15) is 19.8 Å². The first-order valence-corrected chi connectivity index (χ1v) is 5.91. The first-order valence-electron chi connectivity index (χ1n) is 5.12. The highest BCUT2D eigenvalue weighted by Crippen LogP contribution is 2.08. The van der Waals surface area contributed by atoms with Crippen LogP contribution in [0.15, 0.2) is 17.0 Å². The van der Waals surface area contributed by atoms with E-state index < -0.39 is 0 Å². The minimum Gasteiger partial charge on any atom is -0.380 e. The topological polar surface area (TPSA) is 47.0 Å². The summed E-state index contributed by atoms with van der Waals surface area (Å²) in [5.41, 5.74) is 0. The monoisotopic (exact) mass is 273 g/mol.